The van der Waals surface area contributed by atoms with Crippen molar-refractivity contribution in [1.29, 1.82) is 0 Å². The van der Waals surface area contributed by atoms with E-state index < -0.39 is 0 Å². The van der Waals surface area contributed by atoms with E-state index >= 15 is 0 Å². The SMILES string of the molecule is CCc1nc(C)cn2nc(C3=CC(=O)N4C=C(N5CCN(CC)CC5)C=CC4P3)cc12. The van der Waals surface area contributed by atoms with Gasteiger partial charge in [-0.3, -0.25) is 9.78 Å². The monoisotopic (exact) mass is 436 g/mol. The van der Waals surface area contributed by atoms with Gasteiger partial charge in [0, 0.05) is 43.8 Å². The number of likely N-dealkylation sites (N-methyl/N-ethyl adjacent to an activating group) is 1. The highest BCUT2D eigenvalue weighted by Crippen LogP contribution is 2.44. The maximum absolute atomic E-state index is 13.0. The third kappa shape index (κ3) is 3.81. The molecule has 7 nitrogen and oxygen atoms in total. The van der Waals surface area contributed by atoms with Crippen molar-refractivity contribution in [3.05, 3.63) is 59.5 Å². The molecule has 3 aliphatic heterocycles. The second kappa shape index (κ2) is 8.21. The average molecular weight is 437 g/mol. The Hall–Kier alpha value is -2.50. The Morgan fingerprint density at radius 1 is 1.19 bits per heavy atom. The van der Waals surface area contributed by atoms with Crippen LogP contribution in [0.25, 0.3) is 10.8 Å². The number of rotatable bonds is 4. The minimum Gasteiger partial charge on any atom is -0.368 e. The van der Waals surface area contributed by atoms with Gasteiger partial charge in [0.2, 0.25) is 0 Å². The first-order valence-electron chi connectivity index (χ1n) is 11.1. The lowest BCUT2D eigenvalue weighted by molar-refractivity contribution is -0.123. The maximum Gasteiger partial charge on any atom is 0.252 e. The van der Waals surface area contributed by atoms with Gasteiger partial charge in [-0.15, -0.1) is 0 Å². The molecule has 1 fully saturated rings. The van der Waals surface area contributed by atoms with Gasteiger partial charge in [-0.05, 0) is 32.0 Å². The van der Waals surface area contributed by atoms with E-state index in [0.29, 0.717) is 8.58 Å². The van der Waals surface area contributed by atoms with Crippen LogP contribution in [-0.2, 0) is 11.2 Å². The molecule has 5 rings (SSSR count). The van der Waals surface area contributed by atoms with Gasteiger partial charge in [-0.25, -0.2) is 4.52 Å². The summed E-state index contributed by atoms with van der Waals surface area (Å²) in [6, 6.07) is 2.08. The molecule has 0 bridgehead atoms. The summed E-state index contributed by atoms with van der Waals surface area (Å²) in [4.78, 5) is 24.4. The number of aryl methyl sites for hydroxylation is 2. The summed E-state index contributed by atoms with van der Waals surface area (Å²) < 4.78 is 1.91. The van der Waals surface area contributed by atoms with Crippen LogP contribution in [0.15, 0.2) is 42.4 Å². The van der Waals surface area contributed by atoms with Crippen molar-refractivity contribution in [3.8, 4) is 0 Å². The van der Waals surface area contributed by atoms with Crippen LogP contribution in [0.3, 0.4) is 0 Å². The summed E-state index contributed by atoms with van der Waals surface area (Å²) in [6.07, 6.45) is 11.0. The van der Waals surface area contributed by atoms with Crippen LogP contribution in [0.1, 0.15) is 30.9 Å². The number of amides is 1. The molecule has 0 saturated carbocycles. The molecule has 31 heavy (non-hydrogen) atoms. The Kier molecular flexibility index (Phi) is 5.40. The minimum atomic E-state index is 0.0369. The third-order valence-electron chi connectivity index (χ3n) is 6.29. The molecule has 2 aromatic heterocycles. The number of aromatic nitrogens is 3. The normalized spacial score (nSPS) is 22.8. The second-order valence-electron chi connectivity index (χ2n) is 8.27. The molecular formula is C23H29N6OP. The standard InChI is InChI=1S/C23H29N6OP/c1-4-18-20-12-19(25-29(20)14-16(3)24-18)21-13-22(30)28-15-17(6-7-23(28)31-21)27-10-8-26(5-2)9-11-27/h6-7,12-15,23,31H,4-5,8-11H2,1-3H3. The first-order valence-corrected chi connectivity index (χ1v) is 12.2. The molecule has 2 unspecified atom stereocenters. The van der Waals surface area contributed by atoms with Crippen molar-refractivity contribution in [2.75, 3.05) is 32.7 Å². The van der Waals surface area contributed by atoms with E-state index in [2.05, 4.69) is 46.8 Å². The average Bonchev–Trinajstić information content (AvgIpc) is 3.22. The molecular weight excluding hydrogens is 407 g/mol. The fraction of sp³-hybridized carbons (Fsp3) is 0.435. The van der Waals surface area contributed by atoms with Crippen LogP contribution < -0.4 is 0 Å². The third-order valence-corrected chi connectivity index (χ3v) is 7.77. The maximum atomic E-state index is 13.0. The Morgan fingerprint density at radius 2 is 2.00 bits per heavy atom. The zero-order chi connectivity index (χ0) is 21.5. The van der Waals surface area contributed by atoms with Crippen LogP contribution in [-0.4, -0.2) is 73.7 Å². The molecule has 1 amide bonds. The first-order chi connectivity index (χ1) is 15.1. The summed E-state index contributed by atoms with van der Waals surface area (Å²) in [5, 5.41) is 5.79. The predicted octanol–water partition coefficient (Wildman–Crippen LogP) is 2.84. The van der Waals surface area contributed by atoms with Crippen molar-refractivity contribution in [2.24, 2.45) is 0 Å². The second-order valence-corrected chi connectivity index (χ2v) is 9.69. The smallest absolute Gasteiger partial charge is 0.252 e. The topological polar surface area (TPSA) is 57.0 Å². The van der Waals surface area contributed by atoms with Crippen molar-refractivity contribution in [3.63, 3.8) is 0 Å². The molecule has 5 heterocycles. The number of hydrogen-bond donors (Lipinski definition) is 0. The summed E-state index contributed by atoms with van der Waals surface area (Å²) >= 11 is 0. The van der Waals surface area contributed by atoms with Crippen LogP contribution in [0.2, 0.25) is 0 Å². The molecule has 2 aromatic rings. The van der Waals surface area contributed by atoms with Crippen LogP contribution in [0, 0.1) is 6.92 Å². The zero-order valence-corrected chi connectivity index (χ0v) is 19.4. The molecule has 0 radical (unpaired) electrons. The minimum absolute atomic E-state index is 0.0369. The number of fused-ring (bicyclic) bond motifs is 2. The van der Waals surface area contributed by atoms with Gasteiger partial charge >= 0.3 is 0 Å². The predicted molar refractivity (Wildman–Crippen MR) is 125 cm³/mol. The van der Waals surface area contributed by atoms with E-state index in [9.17, 15) is 4.79 Å². The quantitative estimate of drug-likeness (QED) is 0.690. The number of allylic oxidation sites excluding steroid dienone is 1. The molecule has 2 atom stereocenters. The Bertz CT molecular complexity index is 1110. The van der Waals surface area contributed by atoms with Crippen LogP contribution in [0.5, 0.6) is 0 Å². The van der Waals surface area contributed by atoms with Crippen LogP contribution in [0.4, 0.5) is 0 Å². The Labute approximate surface area is 184 Å². The molecule has 0 spiro atoms. The summed E-state index contributed by atoms with van der Waals surface area (Å²) in [5.41, 5.74) is 5.04. The van der Waals surface area contributed by atoms with E-state index in [-0.39, 0.29) is 11.7 Å². The molecule has 1 saturated heterocycles. The van der Waals surface area contributed by atoms with Gasteiger partial charge in [-0.1, -0.05) is 28.5 Å². The number of piperazine rings is 1. The Morgan fingerprint density at radius 3 is 2.74 bits per heavy atom. The van der Waals surface area contributed by atoms with Crippen molar-refractivity contribution >= 4 is 25.3 Å². The summed E-state index contributed by atoms with van der Waals surface area (Å²) in [7, 11) is 0.472. The highest BCUT2D eigenvalue weighted by Gasteiger charge is 2.31. The molecule has 3 aliphatic rings. The summed E-state index contributed by atoms with van der Waals surface area (Å²) in [5.74, 6) is 0.110. The number of nitrogens with zero attached hydrogens (tertiary/aromatic N) is 6. The van der Waals surface area contributed by atoms with Gasteiger partial charge in [0.05, 0.1) is 40.3 Å². The highest BCUT2D eigenvalue weighted by atomic mass is 31.1. The lowest BCUT2D eigenvalue weighted by Crippen LogP contribution is -2.46. The Balaban J connectivity index is 1.39. The van der Waals surface area contributed by atoms with Gasteiger partial charge < -0.3 is 14.7 Å². The van der Waals surface area contributed by atoms with Gasteiger partial charge in [0.1, 0.15) is 0 Å². The van der Waals surface area contributed by atoms with E-state index in [0.717, 1.165) is 72.8 Å². The van der Waals surface area contributed by atoms with Crippen LogP contribution >= 0.6 is 8.58 Å². The molecule has 0 aromatic carbocycles. The summed E-state index contributed by atoms with van der Waals surface area (Å²) in [6.45, 7) is 11.6. The molecule has 0 N–H and O–H groups in total. The number of hydrogen-bond acceptors (Lipinski definition) is 5. The van der Waals surface area contributed by atoms with E-state index in [1.807, 2.05) is 28.7 Å². The largest absolute Gasteiger partial charge is 0.368 e. The van der Waals surface area contributed by atoms with Crippen molar-refractivity contribution in [2.45, 2.75) is 33.0 Å². The lowest BCUT2D eigenvalue weighted by atomic mass is 10.2. The zero-order valence-electron chi connectivity index (χ0n) is 18.4. The molecule has 8 heteroatoms. The number of carbonyl (C=O) groups excluding carboxylic acids is 1. The van der Waals surface area contributed by atoms with Crippen molar-refractivity contribution < 1.29 is 4.79 Å². The van der Waals surface area contributed by atoms with E-state index in [4.69, 9.17) is 5.10 Å². The molecule has 0 aliphatic carbocycles. The lowest BCUT2D eigenvalue weighted by Gasteiger charge is -2.39. The van der Waals surface area contributed by atoms with Gasteiger partial charge in [0.15, 0.2) is 0 Å². The fourth-order valence-electron chi connectivity index (χ4n) is 4.50. The van der Waals surface area contributed by atoms with Gasteiger partial charge in [-0.2, -0.15) is 5.10 Å². The first kappa shape index (κ1) is 20.4. The highest BCUT2D eigenvalue weighted by molar-refractivity contribution is 7.51. The van der Waals surface area contributed by atoms with Gasteiger partial charge in [0.25, 0.3) is 5.91 Å². The van der Waals surface area contributed by atoms with Crippen molar-refractivity contribution in [1.82, 2.24) is 29.3 Å². The van der Waals surface area contributed by atoms with E-state index in [1.54, 1.807) is 6.08 Å². The number of carbonyl (C=O) groups is 1. The fourth-order valence-corrected chi connectivity index (χ4v) is 5.83. The molecule has 162 valence electrons. The van der Waals surface area contributed by atoms with E-state index in [1.165, 1.54) is 0 Å².